The number of hydrogen-bond acceptors (Lipinski definition) is 5. The molecule has 2 fully saturated rings. The number of alkyl halides is 2. The van der Waals surface area contributed by atoms with Gasteiger partial charge < -0.3 is 14.7 Å². The number of methoxy groups -OCH3 is 1. The maximum absolute atomic E-state index is 15.7. The monoisotopic (exact) mass is 492 g/mol. The number of aliphatic hydroxyl groups excluding tert-OH is 1. The number of aromatic nitrogens is 1. The van der Waals surface area contributed by atoms with Gasteiger partial charge in [-0.3, -0.25) is 4.98 Å². The topological polar surface area (TPSA) is 45.6 Å². The molecule has 1 aliphatic carbocycles. The van der Waals surface area contributed by atoms with Crippen molar-refractivity contribution in [3.63, 3.8) is 0 Å². The fourth-order valence-corrected chi connectivity index (χ4v) is 6.92. The number of halogens is 2. The number of nitrogens with zero attached hydrogens (tertiary/aromatic N) is 2. The maximum atomic E-state index is 15.7. The van der Waals surface area contributed by atoms with Crippen LogP contribution >= 0.6 is 11.8 Å². The second kappa shape index (κ2) is 12.0. The third-order valence-electron chi connectivity index (χ3n) is 7.90. The summed E-state index contributed by atoms with van der Waals surface area (Å²) in [6.45, 7) is 2.32. The van der Waals surface area contributed by atoms with Crippen LogP contribution < -0.4 is 4.74 Å². The Balaban J connectivity index is 1.36. The molecule has 1 N–H and O–H groups in total. The molecule has 0 radical (unpaired) electrons. The lowest BCUT2D eigenvalue weighted by Crippen LogP contribution is -2.43. The average molecular weight is 493 g/mol. The van der Waals surface area contributed by atoms with Crippen molar-refractivity contribution in [2.24, 2.45) is 5.41 Å². The molecule has 2 aromatic rings. The van der Waals surface area contributed by atoms with Crippen molar-refractivity contribution in [1.29, 1.82) is 0 Å². The third-order valence-corrected chi connectivity index (χ3v) is 9.26. The molecule has 4 rings (SSSR count). The first-order valence-corrected chi connectivity index (χ1v) is 13.7. The van der Waals surface area contributed by atoms with Gasteiger partial charge in [0.15, 0.2) is 0 Å². The molecule has 7 heteroatoms. The van der Waals surface area contributed by atoms with Crippen LogP contribution in [0.5, 0.6) is 5.75 Å². The van der Waals surface area contributed by atoms with Gasteiger partial charge in [-0.05, 0) is 75.2 Å². The molecule has 0 unspecified atom stereocenters. The molecule has 0 bridgehead atoms. The summed E-state index contributed by atoms with van der Waals surface area (Å²) in [7, 11) is 1.56. The molecule has 1 atom stereocenters. The molecule has 1 saturated heterocycles. The van der Waals surface area contributed by atoms with Gasteiger partial charge in [-0.15, -0.1) is 0 Å². The highest BCUT2D eigenvalue weighted by atomic mass is 32.2. The van der Waals surface area contributed by atoms with Gasteiger partial charge >= 0.3 is 0 Å². The van der Waals surface area contributed by atoms with E-state index in [1.807, 2.05) is 0 Å². The Morgan fingerprint density at radius 2 is 2.03 bits per heavy atom. The lowest BCUT2D eigenvalue weighted by molar-refractivity contribution is 0.0322. The molecule has 1 aliphatic heterocycles. The molecule has 4 nitrogen and oxygen atoms in total. The Labute approximate surface area is 206 Å². The number of benzene rings is 1. The number of thioether (sulfide) groups is 1. The number of rotatable bonds is 11. The SMILES string of the molecule is COc1ccc2ncc(CF)c([C@@H](F)CCC3(CO)CCN(CCSC4CCCC4)CC3)c2c1. The number of pyridine rings is 1. The summed E-state index contributed by atoms with van der Waals surface area (Å²) in [6, 6.07) is 5.30. The standard InChI is InChI=1S/C27H38F2N2O2S/c1-33-21-6-7-25-23(16-21)26(20(17-28)18-30-25)24(29)8-9-27(19-32)10-12-31(13-11-27)14-15-34-22-4-2-3-5-22/h6-7,16,18,22,24,32H,2-5,8-15,17,19H2,1H3/t24-/m0/s1. The summed E-state index contributed by atoms with van der Waals surface area (Å²) < 4.78 is 34.7. The van der Waals surface area contributed by atoms with E-state index >= 15 is 4.39 Å². The molecule has 1 aromatic heterocycles. The molecule has 2 aliphatic rings. The molecule has 188 valence electrons. The normalized spacial score (nSPS) is 20.1. The lowest BCUT2D eigenvalue weighted by Gasteiger charge is -2.41. The highest BCUT2D eigenvalue weighted by molar-refractivity contribution is 7.99. The van der Waals surface area contributed by atoms with Crippen LogP contribution in [0.4, 0.5) is 8.78 Å². The van der Waals surface area contributed by atoms with E-state index in [1.165, 1.54) is 37.6 Å². The van der Waals surface area contributed by atoms with Gasteiger partial charge in [0.05, 0.1) is 12.6 Å². The fourth-order valence-electron chi connectivity index (χ4n) is 5.56. The van der Waals surface area contributed by atoms with E-state index in [2.05, 4.69) is 21.6 Å². The molecule has 1 saturated carbocycles. The van der Waals surface area contributed by atoms with Gasteiger partial charge in [0.2, 0.25) is 0 Å². The molecule has 34 heavy (non-hydrogen) atoms. The van der Waals surface area contributed by atoms with E-state index in [0.717, 1.165) is 37.7 Å². The fraction of sp³-hybridized carbons (Fsp3) is 0.667. The molecule has 1 aromatic carbocycles. The highest BCUT2D eigenvalue weighted by Crippen LogP contribution is 2.41. The smallest absolute Gasteiger partial charge is 0.126 e. The zero-order valence-corrected chi connectivity index (χ0v) is 21.1. The van der Waals surface area contributed by atoms with Gasteiger partial charge in [-0.25, -0.2) is 8.78 Å². The third kappa shape index (κ3) is 6.03. The Morgan fingerprint density at radius 1 is 1.26 bits per heavy atom. The first kappa shape index (κ1) is 25.6. The number of aliphatic hydroxyl groups is 1. The van der Waals surface area contributed by atoms with Crippen molar-refractivity contribution in [2.45, 2.75) is 69.5 Å². The van der Waals surface area contributed by atoms with Crippen LogP contribution in [0.1, 0.15) is 68.7 Å². The molecular formula is C27H38F2N2O2S. The molecule has 0 spiro atoms. The van der Waals surface area contributed by atoms with Crippen molar-refractivity contribution in [2.75, 3.05) is 39.1 Å². The van der Waals surface area contributed by atoms with Crippen LogP contribution in [0.2, 0.25) is 0 Å². The Kier molecular flexibility index (Phi) is 9.05. The van der Waals surface area contributed by atoms with E-state index in [9.17, 15) is 9.50 Å². The summed E-state index contributed by atoms with van der Waals surface area (Å²) in [5, 5.41) is 11.7. The van der Waals surface area contributed by atoms with Gasteiger partial charge in [0.25, 0.3) is 0 Å². The summed E-state index contributed by atoms with van der Waals surface area (Å²) in [6.07, 6.45) is 8.25. The van der Waals surface area contributed by atoms with E-state index in [1.54, 1.807) is 25.3 Å². The summed E-state index contributed by atoms with van der Waals surface area (Å²) in [5.74, 6) is 1.78. The quantitative estimate of drug-likeness (QED) is 0.401. The largest absolute Gasteiger partial charge is 0.497 e. The van der Waals surface area contributed by atoms with Gasteiger partial charge in [0, 0.05) is 46.9 Å². The zero-order valence-electron chi connectivity index (χ0n) is 20.3. The Bertz CT molecular complexity index is 925. The Morgan fingerprint density at radius 3 is 2.71 bits per heavy atom. The van der Waals surface area contributed by atoms with E-state index in [-0.39, 0.29) is 18.4 Å². The first-order valence-electron chi connectivity index (χ1n) is 12.7. The van der Waals surface area contributed by atoms with Crippen molar-refractivity contribution in [3.8, 4) is 5.75 Å². The summed E-state index contributed by atoms with van der Waals surface area (Å²) in [4.78, 5) is 6.79. The number of hydrogen-bond donors (Lipinski definition) is 1. The molecular weight excluding hydrogens is 454 g/mol. The van der Waals surface area contributed by atoms with Gasteiger partial charge in [-0.2, -0.15) is 11.8 Å². The van der Waals surface area contributed by atoms with Crippen LogP contribution in [0.3, 0.4) is 0 Å². The van der Waals surface area contributed by atoms with Gasteiger partial charge in [-0.1, -0.05) is 12.8 Å². The summed E-state index contributed by atoms with van der Waals surface area (Å²) >= 11 is 2.12. The van der Waals surface area contributed by atoms with Crippen LogP contribution in [-0.2, 0) is 6.67 Å². The second-order valence-electron chi connectivity index (χ2n) is 10.00. The van der Waals surface area contributed by atoms with E-state index < -0.39 is 12.8 Å². The van der Waals surface area contributed by atoms with E-state index in [4.69, 9.17) is 4.74 Å². The minimum atomic E-state index is -1.31. The minimum absolute atomic E-state index is 0.0747. The van der Waals surface area contributed by atoms with E-state index in [0.29, 0.717) is 34.2 Å². The predicted molar refractivity (Wildman–Crippen MR) is 136 cm³/mol. The molecule has 2 heterocycles. The summed E-state index contributed by atoms with van der Waals surface area (Å²) in [5.41, 5.74) is 1.05. The minimum Gasteiger partial charge on any atom is -0.497 e. The van der Waals surface area contributed by atoms with Crippen molar-refractivity contribution < 1.29 is 18.6 Å². The molecule has 0 amide bonds. The van der Waals surface area contributed by atoms with Crippen LogP contribution in [0.25, 0.3) is 10.9 Å². The zero-order chi connectivity index (χ0) is 24.0. The second-order valence-corrected chi connectivity index (χ2v) is 11.4. The van der Waals surface area contributed by atoms with Crippen molar-refractivity contribution in [1.82, 2.24) is 9.88 Å². The van der Waals surface area contributed by atoms with Crippen LogP contribution in [0.15, 0.2) is 24.4 Å². The number of ether oxygens (including phenoxy) is 1. The van der Waals surface area contributed by atoms with Crippen LogP contribution in [0, 0.1) is 5.41 Å². The predicted octanol–water partition coefficient (Wildman–Crippen LogP) is 6.25. The number of fused-ring (bicyclic) bond motifs is 1. The maximum Gasteiger partial charge on any atom is 0.126 e. The number of likely N-dealkylation sites (tertiary alicyclic amines) is 1. The average Bonchev–Trinajstić information content (AvgIpc) is 3.40. The van der Waals surface area contributed by atoms with Crippen LogP contribution in [-0.4, -0.2) is 59.3 Å². The van der Waals surface area contributed by atoms with Crippen molar-refractivity contribution in [3.05, 3.63) is 35.5 Å². The van der Waals surface area contributed by atoms with Crippen molar-refractivity contribution >= 4 is 22.7 Å². The highest BCUT2D eigenvalue weighted by Gasteiger charge is 2.35. The Hall–Kier alpha value is -1.44. The lowest BCUT2D eigenvalue weighted by atomic mass is 9.74. The van der Waals surface area contributed by atoms with Gasteiger partial charge in [0.1, 0.15) is 18.6 Å². The number of piperidine rings is 1. The first-order chi connectivity index (χ1) is 16.6.